The van der Waals surface area contributed by atoms with Gasteiger partial charge in [-0.2, -0.15) is 0 Å². The standard InChI is InChI=1S/C19H15NO2/c1-14(21)20(19(22)16-8-3-2-4-9-16)18-12-11-15-7-5-6-10-17(15)13-18/h2-13H,1H3. The van der Waals surface area contributed by atoms with E-state index in [9.17, 15) is 9.59 Å². The van der Waals surface area contributed by atoms with Crippen molar-refractivity contribution < 1.29 is 9.59 Å². The van der Waals surface area contributed by atoms with E-state index in [-0.39, 0.29) is 11.8 Å². The molecule has 3 aromatic rings. The third kappa shape index (κ3) is 2.61. The molecular formula is C19H15NO2. The highest BCUT2D eigenvalue weighted by Crippen LogP contribution is 2.23. The van der Waals surface area contributed by atoms with E-state index in [1.165, 1.54) is 11.8 Å². The van der Waals surface area contributed by atoms with E-state index in [1.807, 2.05) is 42.5 Å². The maximum Gasteiger partial charge on any atom is 0.265 e. The minimum atomic E-state index is -0.316. The van der Waals surface area contributed by atoms with Crippen LogP contribution in [0, 0.1) is 0 Å². The Kier molecular flexibility index (Phi) is 3.71. The zero-order chi connectivity index (χ0) is 15.5. The van der Waals surface area contributed by atoms with Gasteiger partial charge >= 0.3 is 0 Å². The second kappa shape index (κ2) is 5.82. The van der Waals surface area contributed by atoms with Gasteiger partial charge in [0.05, 0.1) is 5.69 Å². The van der Waals surface area contributed by atoms with Crippen LogP contribution in [0.4, 0.5) is 5.69 Å². The fraction of sp³-hybridized carbons (Fsp3) is 0.0526. The summed E-state index contributed by atoms with van der Waals surface area (Å²) in [6, 6.07) is 22.2. The smallest absolute Gasteiger partial charge is 0.265 e. The van der Waals surface area contributed by atoms with E-state index in [2.05, 4.69) is 0 Å². The Bertz CT molecular complexity index is 840. The van der Waals surface area contributed by atoms with Crippen molar-refractivity contribution in [2.75, 3.05) is 4.90 Å². The van der Waals surface area contributed by atoms with Gasteiger partial charge in [-0.3, -0.25) is 9.59 Å². The normalized spacial score (nSPS) is 10.4. The zero-order valence-electron chi connectivity index (χ0n) is 12.2. The van der Waals surface area contributed by atoms with E-state index >= 15 is 0 Å². The lowest BCUT2D eigenvalue weighted by atomic mass is 10.1. The lowest BCUT2D eigenvalue weighted by molar-refractivity contribution is -0.115. The molecule has 0 aliphatic rings. The number of hydrogen-bond donors (Lipinski definition) is 0. The van der Waals surface area contributed by atoms with Crippen molar-refractivity contribution in [2.45, 2.75) is 6.92 Å². The average Bonchev–Trinajstić information content (AvgIpc) is 2.55. The van der Waals surface area contributed by atoms with Gasteiger partial charge < -0.3 is 0 Å². The van der Waals surface area contributed by atoms with Crippen molar-refractivity contribution in [3.63, 3.8) is 0 Å². The van der Waals surface area contributed by atoms with Gasteiger partial charge in [0.15, 0.2) is 0 Å². The number of amides is 2. The van der Waals surface area contributed by atoms with Gasteiger partial charge in [0.1, 0.15) is 0 Å². The summed E-state index contributed by atoms with van der Waals surface area (Å²) in [4.78, 5) is 25.8. The summed E-state index contributed by atoms with van der Waals surface area (Å²) in [5.41, 5.74) is 1.07. The first kappa shape index (κ1) is 14.0. The quantitative estimate of drug-likeness (QED) is 0.714. The number of carbonyl (C=O) groups excluding carboxylic acids is 2. The van der Waals surface area contributed by atoms with Crippen molar-refractivity contribution in [1.82, 2.24) is 0 Å². The summed E-state index contributed by atoms with van der Waals surface area (Å²) in [5.74, 6) is -0.618. The van der Waals surface area contributed by atoms with E-state index < -0.39 is 0 Å². The first-order valence-electron chi connectivity index (χ1n) is 7.06. The van der Waals surface area contributed by atoms with E-state index in [0.717, 1.165) is 10.8 Å². The highest BCUT2D eigenvalue weighted by Gasteiger charge is 2.21. The number of benzene rings is 3. The molecule has 3 aromatic carbocycles. The Labute approximate surface area is 128 Å². The number of anilines is 1. The fourth-order valence-electron chi connectivity index (χ4n) is 2.47. The summed E-state index contributed by atoms with van der Waals surface area (Å²) in [7, 11) is 0. The van der Waals surface area contributed by atoms with Gasteiger partial charge in [0.2, 0.25) is 5.91 Å². The van der Waals surface area contributed by atoms with Crippen LogP contribution in [-0.2, 0) is 4.79 Å². The lowest BCUT2D eigenvalue weighted by Gasteiger charge is -2.20. The zero-order valence-corrected chi connectivity index (χ0v) is 12.2. The second-order valence-electron chi connectivity index (χ2n) is 5.06. The van der Waals surface area contributed by atoms with Gasteiger partial charge in [-0.1, -0.05) is 48.5 Å². The van der Waals surface area contributed by atoms with Crippen LogP contribution in [0.1, 0.15) is 17.3 Å². The molecule has 108 valence electrons. The van der Waals surface area contributed by atoms with Crippen molar-refractivity contribution in [3.05, 3.63) is 78.4 Å². The first-order valence-corrected chi connectivity index (χ1v) is 7.06. The molecule has 0 aromatic heterocycles. The molecule has 22 heavy (non-hydrogen) atoms. The average molecular weight is 289 g/mol. The molecule has 3 nitrogen and oxygen atoms in total. The number of carbonyl (C=O) groups is 2. The summed E-state index contributed by atoms with van der Waals surface area (Å²) in [5, 5.41) is 2.06. The fourth-order valence-corrected chi connectivity index (χ4v) is 2.47. The number of rotatable bonds is 2. The summed E-state index contributed by atoms with van der Waals surface area (Å²) < 4.78 is 0. The molecule has 0 unspecified atom stereocenters. The van der Waals surface area contributed by atoms with Crippen LogP contribution in [0.15, 0.2) is 72.8 Å². The van der Waals surface area contributed by atoms with Crippen LogP contribution in [-0.4, -0.2) is 11.8 Å². The monoisotopic (exact) mass is 289 g/mol. The molecule has 3 heteroatoms. The molecule has 0 spiro atoms. The van der Waals surface area contributed by atoms with Gasteiger partial charge in [-0.25, -0.2) is 4.90 Å². The molecule has 0 saturated carbocycles. The third-order valence-corrected chi connectivity index (χ3v) is 3.53. The third-order valence-electron chi connectivity index (χ3n) is 3.53. The van der Waals surface area contributed by atoms with Crippen molar-refractivity contribution in [2.24, 2.45) is 0 Å². The minimum absolute atomic E-state index is 0.302. The van der Waals surface area contributed by atoms with Crippen LogP contribution < -0.4 is 4.90 Å². The number of nitrogens with zero attached hydrogens (tertiary/aromatic N) is 1. The molecule has 0 saturated heterocycles. The van der Waals surface area contributed by atoms with Crippen LogP contribution in [0.25, 0.3) is 10.8 Å². The van der Waals surface area contributed by atoms with Gasteiger partial charge in [-0.15, -0.1) is 0 Å². The molecular weight excluding hydrogens is 274 g/mol. The lowest BCUT2D eigenvalue weighted by Crippen LogP contribution is -2.35. The maximum absolute atomic E-state index is 12.6. The number of fused-ring (bicyclic) bond motifs is 1. The molecule has 3 rings (SSSR count). The van der Waals surface area contributed by atoms with E-state index in [0.29, 0.717) is 11.3 Å². The molecule has 0 bridgehead atoms. The van der Waals surface area contributed by atoms with Gasteiger partial charge in [-0.05, 0) is 35.0 Å². The number of hydrogen-bond acceptors (Lipinski definition) is 2. The number of imide groups is 1. The van der Waals surface area contributed by atoms with E-state index in [4.69, 9.17) is 0 Å². The Hall–Kier alpha value is -2.94. The first-order chi connectivity index (χ1) is 10.7. The molecule has 0 fully saturated rings. The second-order valence-corrected chi connectivity index (χ2v) is 5.06. The largest absolute Gasteiger partial charge is 0.274 e. The van der Waals surface area contributed by atoms with Gasteiger partial charge in [0.25, 0.3) is 5.91 Å². The summed E-state index contributed by atoms with van der Waals surface area (Å²) in [6.45, 7) is 1.40. The van der Waals surface area contributed by atoms with Crippen molar-refractivity contribution >= 4 is 28.3 Å². The molecule has 0 N–H and O–H groups in total. The summed E-state index contributed by atoms with van der Waals surface area (Å²) >= 11 is 0. The van der Waals surface area contributed by atoms with Gasteiger partial charge in [0, 0.05) is 12.5 Å². The van der Waals surface area contributed by atoms with Crippen LogP contribution in [0.5, 0.6) is 0 Å². The Morgan fingerprint density at radius 1 is 0.773 bits per heavy atom. The predicted molar refractivity (Wildman–Crippen MR) is 87.9 cm³/mol. The Balaban J connectivity index is 2.06. The maximum atomic E-state index is 12.6. The van der Waals surface area contributed by atoms with Crippen molar-refractivity contribution in [1.29, 1.82) is 0 Å². The molecule has 0 aliphatic heterocycles. The SMILES string of the molecule is CC(=O)N(C(=O)c1ccccc1)c1ccc2ccccc2c1. The van der Waals surface area contributed by atoms with Crippen LogP contribution in [0.2, 0.25) is 0 Å². The molecule has 0 atom stereocenters. The van der Waals surface area contributed by atoms with Crippen LogP contribution >= 0.6 is 0 Å². The molecule has 0 aliphatic carbocycles. The molecule has 0 radical (unpaired) electrons. The van der Waals surface area contributed by atoms with E-state index in [1.54, 1.807) is 30.3 Å². The minimum Gasteiger partial charge on any atom is -0.274 e. The molecule has 0 heterocycles. The topological polar surface area (TPSA) is 37.4 Å². The Morgan fingerprint density at radius 3 is 2.09 bits per heavy atom. The predicted octanol–water partition coefficient (Wildman–Crippen LogP) is 4.03. The highest BCUT2D eigenvalue weighted by atomic mass is 16.2. The van der Waals surface area contributed by atoms with Crippen LogP contribution in [0.3, 0.4) is 0 Å². The summed E-state index contributed by atoms with van der Waals surface area (Å²) in [6.07, 6.45) is 0. The Morgan fingerprint density at radius 2 is 1.41 bits per heavy atom. The molecule has 2 amide bonds. The van der Waals surface area contributed by atoms with Crippen molar-refractivity contribution in [3.8, 4) is 0 Å². The highest BCUT2D eigenvalue weighted by molar-refractivity contribution is 6.21.